The van der Waals surface area contributed by atoms with Gasteiger partial charge in [-0.25, -0.2) is 19.3 Å². The highest BCUT2D eigenvalue weighted by molar-refractivity contribution is 7.18. The molecule has 4 aromatic rings. The molecule has 2 fully saturated rings. The zero-order valence-electron chi connectivity index (χ0n) is 23.7. The Morgan fingerprint density at radius 2 is 2.02 bits per heavy atom. The summed E-state index contributed by atoms with van der Waals surface area (Å²) >= 11 is 1.61. The predicted octanol–water partition coefficient (Wildman–Crippen LogP) is 4.34. The first-order valence-electron chi connectivity index (χ1n) is 14.2. The molecule has 42 heavy (non-hydrogen) atoms. The molecular formula is C31H34FN5O4S. The maximum Gasteiger partial charge on any atom is 0.185 e. The van der Waals surface area contributed by atoms with Crippen molar-refractivity contribution < 1.29 is 23.8 Å². The number of nitrogens with zero attached hydrogens (tertiary/aromatic N) is 4. The number of nitrogens with one attached hydrogen (secondary N) is 1. The third-order valence-electron chi connectivity index (χ3n) is 8.04. The number of hydrogen-bond donors (Lipinski definition) is 2. The number of carbonyl (C=O) groups is 1. The quantitative estimate of drug-likeness (QED) is 0.275. The van der Waals surface area contributed by atoms with Crippen LogP contribution in [-0.2, 0) is 11.2 Å². The number of aliphatic hydroxyl groups excluding tert-OH is 1. The number of rotatable bonds is 9. The molecule has 0 aliphatic carbocycles. The fourth-order valence-corrected chi connectivity index (χ4v) is 6.90. The summed E-state index contributed by atoms with van der Waals surface area (Å²) in [4.78, 5) is 29.4. The number of anilines is 1. The van der Waals surface area contributed by atoms with Crippen molar-refractivity contribution in [2.45, 2.75) is 50.7 Å². The topological polar surface area (TPSA) is 110 Å². The lowest BCUT2D eigenvalue weighted by Gasteiger charge is -2.29. The van der Waals surface area contributed by atoms with Gasteiger partial charge in [-0.3, -0.25) is 4.79 Å². The third-order valence-corrected chi connectivity index (χ3v) is 8.98. The van der Waals surface area contributed by atoms with E-state index < -0.39 is 5.82 Å². The summed E-state index contributed by atoms with van der Waals surface area (Å²) < 4.78 is 26.6. The highest BCUT2D eigenvalue weighted by Gasteiger charge is 2.36. The van der Waals surface area contributed by atoms with Crippen LogP contribution in [0.2, 0.25) is 0 Å². The number of hydrogen-bond acceptors (Lipinski definition) is 10. The Balaban J connectivity index is 1.32. The van der Waals surface area contributed by atoms with Crippen LogP contribution in [0.5, 0.6) is 5.75 Å². The Labute approximate surface area is 247 Å². The minimum atomic E-state index is -0.529. The van der Waals surface area contributed by atoms with Gasteiger partial charge in [0.05, 0.1) is 40.7 Å². The Hall–Kier alpha value is -3.51. The van der Waals surface area contributed by atoms with Crippen LogP contribution in [0.15, 0.2) is 42.6 Å². The molecule has 0 unspecified atom stereocenters. The van der Waals surface area contributed by atoms with E-state index in [4.69, 9.17) is 14.5 Å². The Kier molecular flexibility index (Phi) is 8.43. The smallest absolute Gasteiger partial charge is 0.185 e. The van der Waals surface area contributed by atoms with Crippen molar-refractivity contribution in [2.24, 2.45) is 0 Å². The van der Waals surface area contributed by atoms with Gasteiger partial charge in [0.15, 0.2) is 11.6 Å². The maximum absolute atomic E-state index is 14.7. The molecular weight excluding hydrogens is 557 g/mol. The first-order chi connectivity index (χ1) is 20.4. The van der Waals surface area contributed by atoms with Gasteiger partial charge in [0.2, 0.25) is 0 Å². The SMILES string of the molecule is COc1cccc(F)c1-c1nccc(C(=O)Cc2ccc3sc(C)nc3c2N2C[C@H](NC3CCOCC3)C[C@H]2CO)n1. The van der Waals surface area contributed by atoms with E-state index in [0.717, 1.165) is 59.0 Å². The van der Waals surface area contributed by atoms with Crippen molar-refractivity contribution in [3.63, 3.8) is 0 Å². The molecule has 2 aromatic heterocycles. The van der Waals surface area contributed by atoms with Crippen LogP contribution in [0.25, 0.3) is 21.6 Å². The number of halogens is 1. The van der Waals surface area contributed by atoms with Gasteiger partial charge >= 0.3 is 0 Å². The van der Waals surface area contributed by atoms with Gasteiger partial charge in [0, 0.05) is 44.5 Å². The fourth-order valence-electron chi connectivity index (χ4n) is 6.07. The zero-order chi connectivity index (χ0) is 29.2. The highest BCUT2D eigenvalue weighted by atomic mass is 32.1. The van der Waals surface area contributed by atoms with E-state index in [2.05, 4.69) is 20.2 Å². The van der Waals surface area contributed by atoms with Gasteiger partial charge in [-0.1, -0.05) is 12.1 Å². The fraction of sp³-hybridized carbons (Fsp3) is 0.419. The molecule has 2 aliphatic rings. The van der Waals surface area contributed by atoms with Crippen molar-refractivity contribution in [3.05, 3.63) is 64.7 Å². The average molecular weight is 592 g/mol. The molecule has 0 amide bonds. The summed E-state index contributed by atoms with van der Waals surface area (Å²) in [6, 6.07) is 10.5. The molecule has 9 nitrogen and oxygen atoms in total. The third kappa shape index (κ3) is 5.74. The minimum absolute atomic E-state index is 0.00139. The number of carbonyl (C=O) groups excluding carboxylic acids is 1. The lowest BCUT2D eigenvalue weighted by Crippen LogP contribution is -2.43. The number of aryl methyl sites for hydroxylation is 1. The lowest BCUT2D eigenvalue weighted by molar-refractivity contribution is 0.0753. The van der Waals surface area contributed by atoms with Crippen LogP contribution in [0, 0.1) is 12.7 Å². The van der Waals surface area contributed by atoms with Gasteiger partial charge in [0.25, 0.3) is 0 Å². The van der Waals surface area contributed by atoms with Crippen LogP contribution in [0.1, 0.15) is 40.3 Å². The Bertz CT molecular complexity index is 1590. The van der Waals surface area contributed by atoms with Gasteiger partial charge < -0.3 is 24.8 Å². The van der Waals surface area contributed by atoms with Gasteiger partial charge in [-0.15, -0.1) is 11.3 Å². The second-order valence-corrected chi connectivity index (χ2v) is 12.0. The van der Waals surface area contributed by atoms with Crippen LogP contribution in [-0.4, -0.2) is 77.4 Å². The standard InChI is InChI=1S/C31H34FN5O4S/c1-18-34-29-27(42-18)7-6-19(30(29)37-16-21(15-22(37)17-38)35-20-9-12-41-13-10-20)14-25(39)24-8-11-33-31(36-24)28-23(32)4-3-5-26(28)40-2/h3-8,11,20-22,35,38H,9-10,12-17H2,1-2H3/t21-,22+/m1/s1. The van der Waals surface area contributed by atoms with Crippen molar-refractivity contribution in [2.75, 3.05) is 38.4 Å². The van der Waals surface area contributed by atoms with Gasteiger partial charge in [-0.05, 0) is 56.0 Å². The van der Waals surface area contributed by atoms with E-state index in [-0.39, 0.29) is 48.0 Å². The average Bonchev–Trinajstić information content (AvgIpc) is 3.59. The first kappa shape index (κ1) is 28.6. The number of benzene rings is 2. The van der Waals surface area contributed by atoms with Crippen molar-refractivity contribution in [1.29, 1.82) is 0 Å². The largest absolute Gasteiger partial charge is 0.496 e. The zero-order valence-corrected chi connectivity index (χ0v) is 24.5. The second-order valence-electron chi connectivity index (χ2n) is 10.8. The van der Waals surface area contributed by atoms with E-state index in [1.807, 2.05) is 19.1 Å². The molecule has 0 bridgehead atoms. The number of aliphatic hydroxyl groups is 1. The highest BCUT2D eigenvalue weighted by Crippen LogP contribution is 2.38. The number of thiazole rings is 1. The number of aromatic nitrogens is 3. The van der Waals surface area contributed by atoms with E-state index in [1.54, 1.807) is 29.5 Å². The van der Waals surface area contributed by atoms with Crippen LogP contribution < -0.4 is 15.0 Å². The molecule has 2 atom stereocenters. The molecule has 4 heterocycles. The number of ketones is 1. The van der Waals surface area contributed by atoms with E-state index in [1.165, 1.54) is 19.4 Å². The molecule has 0 radical (unpaired) electrons. The molecule has 0 spiro atoms. The number of fused-ring (bicyclic) bond motifs is 1. The number of ether oxygens (including phenoxy) is 2. The first-order valence-corrected chi connectivity index (χ1v) is 15.1. The summed E-state index contributed by atoms with van der Waals surface area (Å²) in [7, 11) is 1.45. The maximum atomic E-state index is 14.7. The molecule has 2 aliphatic heterocycles. The predicted molar refractivity (Wildman–Crippen MR) is 160 cm³/mol. The minimum Gasteiger partial charge on any atom is -0.496 e. The molecule has 2 aromatic carbocycles. The van der Waals surface area contributed by atoms with Crippen LogP contribution in [0.4, 0.5) is 10.1 Å². The summed E-state index contributed by atoms with van der Waals surface area (Å²) in [5.41, 5.74) is 2.83. The Morgan fingerprint density at radius 3 is 2.81 bits per heavy atom. The molecule has 11 heteroatoms. The summed E-state index contributed by atoms with van der Waals surface area (Å²) in [6.07, 6.45) is 4.27. The lowest BCUT2D eigenvalue weighted by atomic mass is 10.0. The normalized spacial score (nSPS) is 19.5. The van der Waals surface area contributed by atoms with Gasteiger partial charge in [-0.2, -0.15) is 0 Å². The van der Waals surface area contributed by atoms with Crippen molar-refractivity contribution in [1.82, 2.24) is 20.3 Å². The second kappa shape index (κ2) is 12.4. The summed E-state index contributed by atoms with van der Waals surface area (Å²) in [5, 5.41) is 15.1. The molecule has 6 rings (SSSR count). The Morgan fingerprint density at radius 1 is 1.19 bits per heavy atom. The number of Topliss-reactive ketones (excluding diaryl/α,β-unsaturated/α-hetero) is 1. The number of methoxy groups -OCH3 is 1. The van der Waals surface area contributed by atoms with E-state index >= 15 is 0 Å². The molecule has 220 valence electrons. The van der Waals surface area contributed by atoms with Crippen LogP contribution in [0.3, 0.4) is 0 Å². The van der Waals surface area contributed by atoms with Crippen LogP contribution >= 0.6 is 11.3 Å². The van der Waals surface area contributed by atoms with Gasteiger partial charge in [0.1, 0.15) is 22.8 Å². The molecule has 2 saturated heterocycles. The van der Waals surface area contributed by atoms with Crippen molar-refractivity contribution in [3.8, 4) is 17.1 Å². The molecule has 0 saturated carbocycles. The summed E-state index contributed by atoms with van der Waals surface area (Å²) in [6.45, 7) is 4.19. The summed E-state index contributed by atoms with van der Waals surface area (Å²) in [5.74, 6) is -0.375. The monoisotopic (exact) mass is 591 g/mol. The molecule has 2 N–H and O–H groups in total. The van der Waals surface area contributed by atoms with Crippen molar-refractivity contribution >= 4 is 33.0 Å². The van der Waals surface area contributed by atoms with E-state index in [0.29, 0.717) is 18.3 Å². The van der Waals surface area contributed by atoms with E-state index in [9.17, 15) is 14.3 Å².